The molecule has 0 spiro atoms. The molecule has 3 rings (SSSR count). The van der Waals surface area contributed by atoms with Crippen LogP contribution in [0.4, 0.5) is 0 Å². The summed E-state index contributed by atoms with van der Waals surface area (Å²) < 4.78 is 1.66. The van der Waals surface area contributed by atoms with Gasteiger partial charge in [-0.15, -0.1) is 5.10 Å². The number of thioether (sulfide) groups is 1. The fraction of sp³-hybridized carbons (Fsp3) is 0.263. The summed E-state index contributed by atoms with van der Waals surface area (Å²) in [6.45, 7) is 6.32. The normalized spacial score (nSPS) is 11.0. The quantitative estimate of drug-likeness (QED) is 0.494. The van der Waals surface area contributed by atoms with Gasteiger partial charge in [0.1, 0.15) is 0 Å². The van der Waals surface area contributed by atoms with Crippen LogP contribution in [0.2, 0.25) is 0 Å². The summed E-state index contributed by atoms with van der Waals surface area (Å²) in [5.74, 6) is 0.839. The minimum Gasteiger partial charge on any atom is -0.293 e. The van der Waals surface area contributed by atoms with Crippen molar-refractivity contribution in [3.8, 4) is 5.69 Å². The lowest BCUT2D eigenvalue weighted by Gasteiger charge is -2.08. The van der Waals surface area contributed by atoms with Gasteiger partial charge < -0.3 is 0 Å². The largest absolute Gasteiger partial charge is 0.293 e. The van der Waals surface area contributed by atoms with Gasteiger partial charge in [-0.25, -0.2) is 0 Å². The molecule has 0 bridgehead atoms. The zero-order chi connectivity index (χ0) is 17.8. The Hall–Kier alpha value is -2.47. The van der Waals surface area contributed by atoms with Crippen LogP contribution in [0.25, 0.3) is 5.69 Å². The minimum atomic E-state index is 0.0645. The molecule has 0 N–H and O–H groups in total. The van der Waals surface area contributed by atoms with Gasteiger partial charge in [-0.05, 0) is 41.0 Å². The first kappa shape index (κ1) is 17.4. The van der Waals surface area contributed by atoms with E-state index in [1.165, 1.54) is 17.3 Å². The third-order valence-corrected chi connectivity index (χ3v) is 4.87. The number of carbonyl (C=O) groups is 1. The van der Waals surface area contributed by atoms with Crippen molar-refractivity contribution in [2.75, 3.05) is 5.75 Å². The molecule has 0 aliphatic heterocycles. The molecule has 2 aromatic carbocycles. The Morgan fingerprint density at radius 2 is 1.76 bits per heavy atom. The lowest BCUT2D eigenvalue weighted by atomic mass is 10.0. The minimum absolute atomic E-state index is 0.0645. The second-order valence-corrected chi connectivity index (χ2v) is 7.14. The van der Waals surface area contributed by atoms with E-state index in [9.17, 15) is 4.79 Å². The number of Topliss-reactive ketones (excluding diaryl/α,β-unsaturated/α-hetero) is 1. The number of benzene rings is 2. The molecule has 0 saturated heterocycles. The van der Waals surface area contributed by atoms with Gasteiger partial charge in [-0.1, -0.05) is 67.6 Å². The predicted molar refractivity (Wildman–Crippen MR) is 99.5 cm³/mol. The van der Waals surface area contributed by atoms with Crippen molar-refractivity contribution in [1.82, 2.24) is 20.2 Å². The van der Waals surface area contributed by atoms with Crippen LogP contribution < -0.4 is 0 Å². The van der Waals surface area contributed by atoms with Crippen molar-refractivity contribution in [1.29, 1.82) is 0 Å². The smallest absolute Gasteiger partial charge is 0.214 e. The zero-order valence-corrected chi connectivity index (χ0v) is 15.3. The highest BCUT2D eigenvalue weighted by Gasteiger charge is 2.13. The Morgan fingerprint density at radius 1 is 1.08 bits per heavy atom. The summed E-state index contributed by atoms with van der Waals surface area (Å²) in [4.78, 5) is 12.3. The van der Waals surface area contributed by atoms with Crippen molar-refractivity contribution in [2.24, 2.45) is 0 Å². The molecule has 3 aromatic rings. The van der Waals surface area contributed by atoms with Gasteiger partial charge in [0.2, 0.25) is 5.16 Å². The van der Waals surface area contributed by atoms with E-state index < -0.39 is 0 Å². The molecule has 0 unspecified atom stereocenters. The number of rotatable bonds is 6. The Labute approximate surface area is 151 Å². The molecule has 0 atom stereocenters. The highest BCUT2D eigenvalue weighted by atomic mass is 32.2. The van der Waals surface area contributed by atoms with E-state index in [2.05, 4.69) is 41.5 Å². The zero-order valence-electron chi connectivity index (χ0n) is 14.5. The van der Waals surface area contributed by atoms with E-state index in [4.69, 9.17) is 0 Å². The number of tetrazole rings is 1. The van der Waals surface area contributed by atoms with Crippen LogP contribution in [0.1, 0.15) is 41.3 Å². The van der Waals surface area contributed by atoms with Crippen LogP contribution in [0.15, 0.2) is 53.7 Å². The van der Waals surface area contributed by atoms with E-state index in [0.717, 1.165) is 11.3 Å². The molecule has 0 aliphatic carbocycles. The molecule has 0 saturated carbocycles. The molecule has 25 heavy (non-hydrogen) atoms. The maximum absolute atomic E-state index is 12.3. The van der Waals surface area contributed by atoms with Crippen LogP contribution in [0, 0.1) is 6.92 Å². The molecule has 128 valence electrons. The summed E-state index contributed by atoms with van der Waals surface area (Å²) in [6.07, 6.45) is 0. The molecule has 0 radical (unpaired) electrons. The number of ketones is 1. The maximum atomic E-state index is 12.3. The van der Waals surface area contributed by atoms with Gasteiger partial charge in [0.15, 0.2) is 5.78 Å². The van der Waals surface area contributed by atoms with E-state index in [-0.39, 0.29) is 5.78 Å². The Bertz CT molecular complexity index is 854. The molecule has 6 heteroatoms. The van der Waals surface area contributed by atoms with E-state index in [0.29, 0.717) is 22.4 Å². The van der Waals surface area contributed by atoms with Crippen LogP contribution in [0.3, 0.4) is 0 Å². The molecule has 5 nitrogen and oxygen atoms in total. The lowest BCUT2D eigenvalue weighted by Crippen LogP contribution is -2.05. The first-order valence-corrected chi connectivity index (χ1v) is 9.14. The van der Waals surface area contributed by atoms with Gasteiger partial charge >= 0.3 is 0 Å². The highest BCUT2D eigenvalue weighted by molar-refractivity contribution is 7.99. The fourth-order valence-corrected chi connectivity index (χ4v) is 3.17. The summed E-state index contributed by atoms with van der Waals surface area (Å²) >= 11 is 1.34. The van der Waals surface area contributed by atoms with Crippen molar-refractivity contribution in [3.63, 3.8) is 0 Å². The van der Waals surface area contributed by atoms with Crippen LogP contribution in [-0.2, 0) is 0 Å². The number of aryl methyl sites for hydroxylation is 1. The number of carbonyl (C=O) groups excluding carboxylic acids is 1. The van der Waals surface area contributed by atoms with Gasteiger partial charge in [-0.3, -0.25) is 4.79 Å². The molecule has 0 aliphatic rings. The van der Waals surface area contributed by atoms with Crippen LogP contribution in [0.5, 0.6) is 0 Å². The summed E-state index contributed by atoms with van der Waals surface area (Å²) in [5.41, 5.74) is 4.00. The lowest BCUT2D eigenvalue weighted by molar-refractivity contribution is 0.102. The van der Waals surface area contributed by atoms with Gasteiger partial charge in [0, 0.05) is 5.56 Å². The second-order valence-electron chi connectivity index (χ2n) is 6.20. The molecule has 0 amide bonds. The van der Waals surface area contributed by atoms with Crippen molar-refractivity contribution < 1.29 is 4.79 Å². The molecule has 1 heterocycles. The number of aromatic nitrogens is 4. The molecule has 1 aromatic heterocycles. The molecular weight excluding hydrogens is 332 g/mol. The maximum Gasteiger partial charge on any atom is 0.214 e. The Kier molecular flexibility index (Phi) is 5.28. The van der Waals surface area contributed by atoms with Gasteiger partial charge in [-0.2, -0.15) is 4.68 Å². The monoisotopic (exact) mass is 352 g/mol. The SMILES string of the molecule is Cc1ccc(C(=O)CSc2nnnn2-c2ccc(C(C)C)cc2)cc1. The highest BCUT2D eigenvalue weighted by Crippen LogP contribution is 2.21. The van der Waals surface area contributed by atoms with Gasteiger partial charge in [0.05, 0.1) is 11.4 Å². The number of hydrogen-bond acceptors (Lipinski definition) is 5. The third kappa shape index (κ3) is 4.14. The summed E-state index contributed by atoms with van der Waals surface area (Å²) in [5, 5.41) is 12.4. The predicted octanol–water partition coefficient (Wildman–Crippen LogP) is 4.07. The van der Waals surface area contributed by atoms with Crippen molar-refractivity contribution in [3.05, 3.63) is 65.2 Å². The second kappa shape index (κ2) is 7.61. The molecular formula is C19H20N4OS. The molecule has 0 fully saturated rings. The van der Waals surface area contributed by atoms with E-state index >= 15 is 0 Å². The van der Waals surface area contributed by atoms with E-state index in [1.807, 2.05) is 43.3 Å². The Morgan fingerprint density at radius 3 is 2.40 bits per heavy atom. The van der Waals surface area contributed by atoms with Crippen LogP contribution in [-0.4, -0.2) is 31.7 Å². The standard InChI is InChI=1S/C19H20N4OS/c1-13(2)15-8-10-17(11-9-15)23-19(20-21-22-23)25-12-18(24)16-6-4-14(3)5-7-16/h4-11,13H,12H2,1-3H3. The van der Waals surface area contributed by atoms with Crippen molar-refractivity contribution >= 4 is 17.5 Å². The van der Waals surface area contributed by atoms with Crippen LogP contribution >= 0.6 is 11.8 Å². The van der Waals surface area contributed by atoms with Gasteiger partial charge in [0.25, 0.3) is 0 Å². The average Bonchev–Trinajstić information content (AvgIpc) is 3.09. The van der Waals surface area contributed by atoms with Crippen molar-refractivity contribution in [2.45, 2.75) is 31.8 Å². The van der Waals surface area contributed by atoms with E-state index in [1.54, 1.807) is 4.68 Å². The third-order valence-electron chi connectivity index (χ3n) is 3.95. The average molecular weight is 352 g/mol. The topological polar surface area (TPSA) is 60.7 Å². The number of nitrogens with zero attached hydrogens (tertiary/aromatic N) is 4. The summed E-state index contributed by atoms with van der Waals surface area (Å²) in [7, 11) is 0. The first-order chi connectivity index (χ1) is 12.0. The Balaban J connectivity index is 1.71. The fourth-order valence-electron chi connectivity index (χ4n) is 2.38. The number of hydrogen-bond donors (Lipinski definition) is 0. The summed E-state index contributed by atoms with van der Waals surface area (Å²) in [6, 6.07) is 15.7. The first-order valence-electron chi connectivity index (χ1n) is 8.16.